The lowest BCUT2D eigenvalue weighted by atomic mass is 9.99. The molecule has 0 aromatic heterocycles. The normalized spacial score (nSPS) is 14.1. The summed E-state index contributed by atoms with van der Waals surface area (Å²) in [6.45, 7) is 1.93. The van der Waals surface area contributed by atoms with E-state index < -0.39 is 0 Å². The fourth-order valence-corrected chi connectivity index (χ4v) is 2.32. The standard InChI is InChI=1S/C14H20ClNO/c1-11(14(17)16(2)3)9-13(15)10-12-7-5-4-6-8-12/h4-8,11,13H,9-10H2,1-3H3. The highest BCUT2D eigenvalue weighted by molar-refractivity contribution is 6.20. The lowest BCUT2D eigenvalue weighted by molar-refractivity contribution is -0.132. The van der Waals surface area contributed by atoms with Gasteiger partial charge >= 0.3 is 0 Å². The monoisotopic (exact) mass is 253 g/mol. The van der Waals surface area contributed by atoms with Crippen molar-refractivity contribution in [3.05, 3.63) is 35.9 Å². The third kappa shape index (κ3) is 4.78. The van der Waals surface area contributed by atoms with Gasteiger partial charge in [0, 0.05) is 25.4 Å². The number of hydrogen-bond acceptors (Lipinski definition) is 1. The summed E-state index contributed by atoms with van der Waals surface area (Å²) in [6, 6.07) is 10.1. The molecule has 0 aliphatic rings. The van der Waals surface area contributed by atoms with Crippen LogP contribution in [0.15, 0.2) is 30.3 Å². The molecule has 0 N–H and O–H groups in total. The summed E-state index contributed by atoms with van der Waals surface area (Å²) in [5, 5.41) is 0.0105. The third-order valence-electron chi connectivity index (χ3n) is 2.77. The summed E-state index contributed by atoms with van der Waals surface area (Å²) in [5.41, 5.74) is 1.22. The molecule has 0 aliphatic carbocycles. The van der Waals surface area contributed by atoms with Gasteiger partial charge in [0.1, 0.15) is 0 Å². The van der Waals surface area contributed by atoms with E-state index in [-0.39, 0.29) is 17.2 Å². The topological polar surface area (TPSA) is 20.3 Å². The van der Waals surface area contributed by atoms with Crippen LogP contribution in [0.25, 0.3) is 0 Å². The Hall–Kier alpha value is -1.02. The number of carbonyl (C=O) groups is 1. The zero-order valence-corrected chi connectivity index (χ0v) is 11.4. The molecule has 2 atom stereocenters. The minimum Gasteiger partial charge on any atom is -0.349 e. The lowest BCUT2D eigenvalue weighted by Gasteiger charge is -2.19. The number of amides is 1. The smallest absolute Gasteiger partial charge is 0.224 e. The summed E-state index contributed by atoms with van der Waals surface area (Å²) in [4.78, 5) is 13.3. The Bertz CT molecular complexity index is 350. The van der Waals surface area contributed by atoms with Gasteiger partial charge in [0.15, 0.2) is 0 Å². The minimum atomic E-state index is -0.0174. The molecule has 94 valence electrons. The molecule has 1 rings (SSSR count). The molecule has 2 unspecified atom stereocenters. The number of nitrogens with zero attached hydrogens (tertiary/aromatic N) is 1. The molecule has 3 heteroatoms. The van der Waals surface area contributed by atoms with Crippen LogP contribution in [0.4, 0.5) is 0 Å². The van der Waals surface area contributed by atoms with Crippen LogP contribution in [0, 0.1) is 5.92 Å². The van der Waals surface area contributed by atoms with Gasteiger partial charge in [0.25, 0.3) is 0 Å². The Morgan fingerprint density at radius 1 is 1.29 bits per heavy atom. The molecule has 0 saturated heterocycles. The van der Waals surface area contributed by atoms with E-state index in [0.29, 0.717) is 6.42 Å². The third-order valence-corrected chi connectivity index (χ3v) is 3.10. The average Bonchev–Trinajstić information content (AvgIpc) is 2.28. The maximum Gasteiger partial charge on any atom is 0.224 e. The van der Waals surface area contributed by atoms with Crippen molar-refractivity contribution in [2.24, 2.45) is 5.92 Å². The Morgan fingerprint density at radius 3 is 2.41 bits per heavy atom. The average molecular weight is 254 g/mol. The van der Waals surface area contributed by atoms with Gasteiger partial charge in [0.05, 0.1) is 0 Å². The molecule has 0 bridgehead atoms. The van der Waals surface area contributed by atoms with Crippen LogP contribution < -0.4 is 0 Å². The molecule has 0 fully saturated rings. The van der Waals surface area contributed by atoms with Crippen LogP contribution in [-0.2, 0) is 11.2 Å². The first-order valence-electron chi connectivity index (χ1n) is 5.90. The van der Waals surface area contributed by atoms with Gasteiger partial charge in [-0.05, 0) is 18.4 Å². The molecule has 0 aliphatic heterocycles. The molecule has 0 radical (unpaired) electrons. The molecule has 1 aromatic carbocycles. The first-order chi connectivity index (χ1) is 8.00. The van der Waals surface area contributed by atoms with Gasteiger partial charge in [-0.25, -0.2) is 0 Å². The van der Waals surface area contributed by atoms with Gasteiger partial charge < -0.3 is 4.90 Å². The van der Waals surface area contributed by atoms with E-state index in [1.54, 1.807) is 19.0 Å². The molecule has 0 saturated carbocycles. The first kappa shape index (κ1) is 14.0. The van der Waals surface area contributed by atoms with Gasteiger partial charge in [0.2, 0.25) is 5.91 Å². The quantitative estimate of drug-likeness (QED) is 0.739. The van der Waals surface area contributed by atoms with E-state index in [1.807, 2.05) is 25.1 Å². The molecular formula is C14H20ClNO. The van der Waals surface area contributed by atoms with E-state index in [9.17, 15) is 4.79 Å². The highest BCUT2D eigenvalue weighted by Crippen LogP contribution is 2.17. The second-order valence-electron chi connectivity index (χ2n) is 4.66. The SMILES string of the molecule is CC(CC(Cl)Cc1ccccc1)C(=O)N(C)C. The van der Waals surface area contributed by atoms with Crippen LogP contribution in [0.3, 0.4) is 0 Å². The van der Waals surface area contributed by atoms with E-state index >= 15 is 0 Å². The summed E-state index contributed by atoms with van der Waals surface area (Å²) >= 11 is 6.29. The molecule has 17 heavy (non-hydrogen) atoms. The van der Waals surface area contributed by atoms with Crippen molar-refractivity contribution >= 4 is 17.5 Å². The van der Waals surface area contributed by atoms with Crippen LogP contribution >= 0.6 is 11.6 Å². The number of benzene rings is 1. The number of halogens is 1. The summed E-state index contributed by atoms with van der Waals surface area (Å²) in [5.74, 6) is 0.125. The minimum absolute atomic E-state index is 0.0105. The number of carbonyl (C=O) groups excluding carboxylic acids is 1. The zero-order valence-electron chi connectivity index (χ0n) is 10.7. The van der Waals surface area contributed by atoms with E-state index in [4.69, 9.17) is 11.6 Å². The second-order valence-corrected chi connectivity index (χ2v) is 5.27. The highest BCUT2D eigenvalue weighted by atomic mass is 35.5. The highest BCUT2D eigenvalue weighted by Gasteiger charge is 2.19. The summed E-state index contributed by atoms with van der Waals surface area (Å²) < 4.78 is 0. The predicted molar refractivity (Wildman–Crippen MR) is 72.3 cm³/mol. The van der Waals surface area contributed by atoms with Crippen molar-refractivity contribution in [1.29, 1.82) is 0 Å². The number of hydrogen-bond donors (Lipinski definition) is 0. The molecule has 1 amide bonds. The van der Waals surface area contributed by atoms with Crippen molar-refractivity contribution < 1.29 is 4.79 Å². The zero-order chi connectivity index (χ0) is 12.8. The van der Waals surface area contributed by atoms with Crippen LogP contribution in [0.2, 0.25) is 0 Å². The van der Waals surface area contributed by atoms with Crippen molar-refractivity contribution in [3.63, 3.8) is 0 Å². The second kappa shape index (κ2) is 6.65. The van der Waals surface area contributed by atoms with E-state index in [1.165, 1.54) is 5.56 Å². The van der Waals surface area contributed by atoms with Crippen molar-refractivity contribution in [2.45, 2.75) is 25.1 Å². The maximum absolute atomic E-state index is 11.7. The largest absolute Gasteiger partial charge is 0.349 e. The molecular weight excluding hydrogens is 234 g/mol. The first-order valence-corrected chi connectivity index (χ1v) is 6.33. The van der Waals surface area contributed by atoms with Gasteiger partial charge in [-0.2, -0.15) is 0 Å². The van der Waals surface area contributed by atoms with Gasteiger partial charge in [-0.15, -0.1) is 11.6 Å². The number of rotatable bonds is 5. The van der Waals surface area contributed by atoms with E-state index in [0.717, 1.165) is 6.42 Å². The summed E-state index contributed by atoms with van der Waals surface area (Å²) in [7, 11) is 3.55. The van der Waals surface area contributed by atoms with Gasteiger partial charge in [-0.1, -0.05) is 37.3 Å². The van der Waals surface area contributed by atoms with Crippen LogP contribution in [-0.4, -0.2) is 30.3 Å². The van der Waals surface area contributed by atoms with Gasteiger partial charge in [-0.3, -0.25) is 4.79 Å². The molecule has 0 spiro atoms. The Labute approximate surface area is 109 Å². The Kier molecular flexibility index (Phi) is 5.49. The van der Waals surface area contributed by atoms with E-state index in [2.05, 4.69) is 12.1 Å². The number of alkyl halides is 1. The Morgan fingerprint density at radius 2 is 1.88 bits per heavy atom. The predicted octanol–water partition coefficient (Wildman–Crippen LogP) is 2.95. The fraction of sp³-hybridized carbons (Fsp3) is 0.500. The molecule has 0 heterocycles. The maximum atomic E-state index is 11.7. The van der Waals surface area contributed by atoms with Crippen LogP contribution in [0.1, 0.15) is 18.9 Å². The molecule has 2 nitrogen and oxygen atoms in total. The fourth-order valence-electron chi connectivity index (χ4n) is 1.88. The van der Waals surface area contributed by atoms with Crippen molar-refractivity contribution in [3.8, 4) is 0 Å². The van der Waals surface area contributed by atoms with Crippen molar-refractivity contribution in [1.82, 2.24) is 4.90 Å². The lowest BCUT2D eigenvalue weighted by Crippen LogP contribution is -2.29. The molecule has 1 aromatic rings. The van der Waals surface area contributed by atoms with Crippen molar-refractivity contribution in [2.75, 3.05) is 14.1 Å². The van der Waals surface area contributed by atoms with Crippen LogP contribution in [0.5, 0.6) is 0 Å². The summed E-state index contributed by atoms with van der Waals surface area (Å²) in [6.07, 6.45) is 1.53. The Balaban J connectivity index is 2.45.